The zero-order valence-corrected chi connectivity index (χ0v) is 12.7. The van der Waals surface area contributed by atoms with Gasteiger partial charge in [-0.15, -0.1) is 0 Å². The Labute approximate surface area is 125 Å². The van der Waals surface area contributed by atoms with Gasteiger partial charge in [0.15, 0.2) is 0 Å². The molecular formula is C15H21ClN2O2. The van der Waals surface area contributed by atoms with Crippen molar-refractivity contribution in [1.29, 1.82) is 0 Å². The normalized spacial score (nSPS) is 16.1. The molecule has 1 fully saturated rings. The van der Waals surface area contributed by atoms with Crippen molar-refractivity contribution < 1.29 is 9.53 Å². The molecule has 0 atom stereocenters. The van der Waals surface area contributed by atoms with Crippen LogP contribution in [0.25, 0.3) is 0 Å². The van der Waals surface area contributed by atoms with Crippen LogP contribution in [-0.4, -0.2) is 36.7 Å². The third-order valence-electron chi connectivity index (χ3n) is 3.56. The molecule has 1 aromatic rings. The Morgan fingerprint density at radius 1 is 1.45 bits per heavy atom. The predicted molar refractivity (Wildman–Crippen MR) is 81.4 cm³/mol. The molecule has 0 radical (unpaired) electrons. The number of ether oxygens (including phenoxy) is 1. The fourth-order valence-electron chi connectivity index (χ4n) is 2.34. The number of piperidine rings is 1. The number of carbonyl (C=O) groups is 1. The number of likely N-dealkylation sites (tertiary alicyclic amines) is 1. The highest BCUT2D eigenvalue weighted by Crippen LogP contribution is 2.22. The number of nitrogens with one attached hydrogen (secondary N) is 1. The molecular weight excluding hydrogens is 276 g/mol. The number of hydrogen-bond acceptors (Lipinski definition) is 3. The quantitative estimate of drug-likeness (QED) is 0.925. The highest BCUT2D eigenvalue weighted by molar-refractivity contribution is 6.31. The summed E-state index contributed by atoms with van der Waals surface area (Å²) >= 11 is 6.12. The van der Waals surface area contributed by atoms with Crippen LogP contribution >= 0.6 is 11.6 Å². The maximum absolute atomic E-state index is 11.6. The summed E-state index contributed by atoms with van der Waals surface area (Å²) in [6, 6.07) is 6.38. The highest BCUT2D eigenvalue weighted by atomic mass is 35.5. The largest absolute Gasteiger partial charge is 0.450 e. The van der Waals surface area contributed by atoms with Crippen molar-refractivity contribution in [3.63, 3.8) is 0 Å². The number of amides is 1. The Bertz CT molecular complexity index is 471. The lowest BCUT2D eigenvalue weighted by molar-refractivity contribution is 0.0983. The topological polar surface area (TPSA) is 41.6 Å². The summed E-state index contributed by atoms with van der Waals surface area (Å²) in [6.07, 6.45) is 1.64. The van der Waals surface area contributed by atoms with Gasteiger partial charge in [0.25, 0.3) is 0 Å². The first-order chi connectivity index (χ1) is 9.60. The summed E-state index contributed by atoms with van der Waals surface area (Å²) in [4.78, 5) is 13.4. The van der Waals surface area contributed by atoms with Gasteiger partial charge in [-0.3, -0.25) is 0 Å². The van der Waals surface area contributed by atoms with E-state index in [4.69, 9.17) is 16.3 Å². The highest BCUT2D eigenvalue weighted by Gasteiger charge is 2.23. The minimum absolute atomic E-state index is 0.204. The molecule has 1 N–H and O–H groups in total. The van der Waals surface area contributed by atoms with Crippen LogP contribution in [0.15, 0.2) is 18.2 Å². The first kappa shape index (κ1) is 15.0. The minimum Gasteiger partial charge on any atom is -0.450 e. The maximum atomic E-state index is 11.6. The summed E-state index contributed by atoms with van der Waals surface area (Å²) in [7, 11) is 0. The van der Waals surface area contributed by atoms with E-state index in [9.17, 15) is 4.79 Å². The van der Waals surface area contributed by atoms with Crippen LogP contribution < -0.4 is 5.32 Å². The van der Waals surface area contributed by atoms with E-state index in [-0.39, 0.29) is 6.09 Å². The summed E-state index contributed by atoms with van der Waals surface area (Å²) in [5, 5.41) is 4.25. The van der Waals surface area contributed by atoms with E-state index in [2.05, 4.69) is 5.32 Å². The van der Waals surface area contributed by atoms with Crippen molar-refractivity contribution in [3.8, 4) is 0 Å². The van der Waals surface area contributed by atoms with Crippen molar-refractivity contribution in [2.75, 3.05) is 25.0 Å². The van der Waals surface area contributed by atoms with Crippen LogP contribution in [0.1, 0.15) is 25.3 Å². The third kappa shape index (κ3) is 3.79. The van der Waals surface area contributed by atoms with Gasteiger partial charge in [0.1, 0.15) is 0 Å². The van der Waals surface area contributed by atoms with Crippen LogP contribution in [0.2, 0.25) is 5.02 Å². The molecule has 0 saturated carbocycles. The Balaban J connectivity index is 1.85. The molecule has 1 aromatic carbocycles. The average Bonchev–Trinajstić information content (AvgIpc) is 2.44. The molecule has 1 aliphatic heterocycles. The Morgan fingerprint density at radius 2 is 2.15 bits per heavy atom. The summed E-state index contributed by atoms with van der Waals surface area (Å²) in [5.41, 5.74) is 2.12. The van der Waals surface area contributed by atoms with Crippen molar-refractivity contribution in [2.24, 2.45) is 0 Å². The number of nitrogens with zero attached hydrogens (tertiary/aromatic N) is 1. The summed E-state index contributed by atoms with van der Waals surface area (Å²) in [6.45, 7) is 5.71. The van der Waals surface area contributed by atoms with Gasteiger partial charge in [0.05, 0.1) is 6.61 Å². The van der Waals surface area contributed by atoms with Gasteiger partial charge in [-0.05, 0) is 44.4 Å². The number of halogens is 1. The second-order valence-electron chi connectivity index (χ2n) is 5.07. The van der Waals surface area contributed by atoms with E-state index < -0.39 is 0 Å². The van der Waals surface area contributed by atoms with E-state index in [0.717, 1.165) is 42.2 Å². The number of hydrogen-bond donors (Lipinski definition) is 1. The SMILES string of the molecule is CCOC(=O)N1CCC(Nc2ccc(C)c(Cl)c2)CC1. The molecule has 1 aliphatic rings. The zero-order chi connectivity index (χ0) is 14.5. The summed E-state index contributed by atoms with van der Waals surface area (Å²) in [5.74, 6) is 0. The maximum Gasteiger partial charge on any atom is 0.409 e. The molecule has 0 aliphatic carbocycles. The second kappa shape index (κ2) is 6.84. The molecule has 0 aromatic heterocycles. The number of benzene rings is 1. The lowest BCUT2D eigenvalue weighted by Gasteiger charge is -2.32. The van der Waals surface area contributed by atoms with E-state index in [1.165, 1.54) is 0 Å². The van der Waals surface area contributed by atoms with Gasteiger partial charge in [-0.2, -0.15) is 0 Å². The van der Waals surface area contributed by atoms with E-state index in [0.29, 0.717) is 12.6 Å². The first-order valence-corrected chi connectivity index (χ1v) is 7.42. The van der Waals surface area contributed by atoms with Crippen LogP contribution in [0, 0.1) is 6.92 Å². The molecule has 110 valence electrons. The van der Waals surface area contributed by atoms with E-state index in [1.807, 2.05) is 32.0 Å². The monoisotopic (exact) mass is 296 g/mol. The van der Waals surface area contributed by atoms with Gasteiger partial charge >= 0.3 is 6.09 Å². The zero-order valence-electron chi connectivity index (χ0n) is 12.0. The lowest BCUT2D eigenvalue weighted by Crippen LogP contribution is -2.42. The third-order valence-corrected chi connectivity index (χ3v) is 3.97. The van der Waals surface area contributed by atoms with E-state index >= 15 is 0 Å². The summed E-state index contributed by atoms with van der Waals surface area (Å²) < 4.78 is 5.01. The van der Waals surface area contributed by atoms with Crippen molar-refractivity contribution in [1.82, 2.24) is 4.90 Å². The van der Waals surface area contributed by atoms with Gasteiger partial charge in [0.2, 0.25) is 0 Å². The van der Waals surface area contributed by atoms with Crippen molar-refractivity contribution in [2.45, 2.75) is 32.7 Å². The number of anilines is 1. The second-order valence-corrected chi connectivity index (χ2v) is 5.48. The molecule has 2 rings (SSSR count). The van der Waals surface area contributed by atoms with Gasteiger partial charge in [-0.1, -0.05) is 17.7 Å². The Morgan fingerprint density at radius 3 is 2.75 bits per heavy atom. The molecule has 1 saturated heterocycles. The van der Waals surface area contributed by atoms with Gasteiger partial charge in [0, 0.05) is 29.8 Å². The predicted octanol–water partition coefficient (Wildman–Crippen LogP) is 3.68. The standard InChI is InChI=1S/C15H21ClN2O2/c1-3-20-15(19)18-8-6-12(7-9-18)17-13-5-4-11(2)14(16)10-13/h4-5,10,12,17H,3,6-9H2,1-2H3. The van der Waals surface area contributed by atoms with Crippen molar-refractivity contribution >= 4 is 23.4 Å². The lowest BCUT2D eigenvalue weighted by atomic mass is 10.0. The number of rotatable bonds is 3. The van der Waals surface area contributed by atoms with Crippen LogP contribution in [-0.2, 0) is 4.74 Å². The Hall–Kier alpha value is -1.42. The molecule has 0 unspecified atom stereocenters. The van der Waals surface area contributed by atoms with E-state index in [1.54, 1.807) is 4.90 Å². The van der Waals surface area contributed by atoms with Crippen LogP contribution in [0.3, 0.4) is 0 Å². The molecule has 5 heteroatoms. The first-order valence-electron chi connectivity index (χ1n) is 7.04. The van der Waals surface area contributed by atoms with Crippen LogP contribution in [0.5, 0.6) is 0 Å². The number of carbonyl (C=O) groups excluding carboxylic acids is 1. The van der Waals surface area contributed by atoms with Crippen LogP contribution in [0.4, 0.5) is 10.5 Å². The van der Waals surface area contributed by atoms with Crippen molar-refractivity contribution in [3.05, 3.63) is 28.8 Å². The average molecular weight is 297 g/mol. The minimum atomic E-state index is -0.204. The fraction of sp³-hybridized carbons (Fsp3) is 0.533. The fourth-order valence-corrected chi connectivity index (χ4v) is 2.52. The molecule has 0 bridgehead atoms. The molecule has 0 spiro atoms. The van der Waals surface area contributed by atoms with Gasteiger partial charge in [-0.25, -0.2) is 4.79 Å². The molecule has 4 nitrogen and oxygen atoms in total. The molecule has 1 amide bonds. The van der Waals surface area contributed by atoms with Gasteiger partial charge < -0.3 is 15.0 Å². The molecule has 20 heavy (non-hydrogen) atoms. The smallest absolute Gasteiger partial charge is 0.409 e. The Kier molecular flexibility index (Phi) is 5.12. The molecule has 1 heterocycles. The number of aryl methyl sites for hydroxylation is 1.